The zero-order valence-corrected chi connectivity index (χ0v) is 25.6. The molecule has 1 heterocycles. The molecular weight excluding hydrogens is 587 g/mol. The fraction of sp³-hybridized carbons (Fsp3) is 0.250. The third-order valence-corrected chi connectivity index (χ3v) is 7.92. The maximum atomic E-state index is 12.9. The highest BCUT2D eigenvalue weighted by Crippen LogP contribution is 2.34. The van der Waals surface area contributed by atoms with Crippen LogP contribution in [0, 0.1) is 0 Å². The van der Waals surface area contributed by atoms with E-state index in [2.05, 4.69) is 10.9 Å². The molecule has 4 rings (SSSR count). The lowest BCUT2D eigenvalue weighted by Gasteiger charge is -2.14. The van der Waals surface area contributed by atoms with Crippen LogP contribution in [-0.4, -0.2) is 47.7 Å². The molecule has 0 spiro atoms. The highest BCUT2D eigenvalue weighted by Gasteiger charge is 2.31. The van der Waals surface area contributed by atoms with E-state index in [-0.39, 0.29) is 18.2 Å². The van der Waals surface area contributed by atoms with Crippen molar-refractivity contribution in [2.75, 3.05) is 20.8 Å². The minimum Gasteiger partial charge on any atom is -0.493 e. The first-order chi connectivity index (χ1) is 20.9. The van der Waals surface area contributed by atoms with Gasteiger partial charge in [-0.25, -0.2) is 0 Å². The lowest BCUT2D eigenvalue weighted by Crippen LogP contribution is -2.41. The summed E-state index contributed by atoms with van der Waals surface area (Å²) in [5, 5.41) is 0. The summed E-state index contributed by atoms with van der Waals surface area (Å²) in [5.41, 5.74) is 7.14. The van der Waals surface area contributed by atoms with Crippen LogP contribution in [0.3, 0.4) is 0 Å². The van der Waals surface area contributed by atoms with E-state index >= 15 is 0 Å². The van der Waals surface area contributed by atoms with Crippen molar-refractivity contribution in [1.29, 1.82) is 0 Å². The molecule has 0 aliphatic carbocycles. The van der Waals surface area contributed by atoms with Crippen molar-refractivity contribution in [1.82, 2.24) is 15.8 Å². The number of ether oxygens (including phenoxy) is 3. The molecule has 1 saturated heterocycles. The summed E-state index contributed by atoms with van der Waals surface area (Å²) in [6, 6.07) is 21.9. The van der Waals surface area contributed by atoms with Gasteiger partial charge in [-0.05, 0) is 66.4 Å². The third kappa shape index (κ3) is 9.07. The number of methoxy groups -OCH3 is 2. The number of hydrazine groups is 1. The number of benzene rings is 3. The van der Waals surface area contributed by atoms with Gasteiger partial charge < -0.3 is 14.2 Å². The molecule has 3 amide bonds. The normalized spacial score (nSPS) is 13.6. The molecule has 224 valence electrons. The first-order valence-corrected chi connectivity index (χ1v) is 14.9. The van der Waals surface area contributed by atoms with Crippen LogP contribution in [0.2, 0.25) is 0 Å². The number of rotatable bonds is 13. The largest absolute Gasteiger partial charge is 0.493 e. The van der Waals surface area contributed by atoms with E-state index in [0.29, 0.717) is 58.0 Å². The zero-order valence-electron chi connectivity index (χ0n) is 24.0. The van der Waals surface area contributed by atoms with E-state index in [0.717, 1.165) is 17.5 Å². The molecule has 0 unspecified atom stereocenters. The standard InChI is InChI=1S/C32H33N3O6S2/c1-39-26-17-12-23(19-27(26)40-2)20-28-31(38)35(32(42)43-28)18-8-4-7-11-29(36)33-34-30(37)24-13-15-25(16-14-24)41-21-22-9-5-3-6-10-22/h3,5-6,9-10,12-17,19-20H,4,7-8,11,18,21H2,1-2H3,(H,33,36)(H,34,37)/b28-20-. The molecule has 1 aliphatic heterocycles. The Bertz CT molecular complexity index is 1480. The molecule has 2 N–H and O–H groups in total. The van der Waals surface area contributed by atoms with Crippen LogP contribution >= 0.6 is 24.0 Å². The predicted octanol–water partition coefficient (Wildman–Crippen LogP) is 5.51. The van der Waals surface area contributed by atoms with E-state index in [1.165, 1.54) is 11.8 Å². The van der Waals surface area contributed by atoms with Gasteiger partial charge in [0.05, 0.1) is 19.1 Å². The Kier molecular flexibility index (Phi) is 11.6. The molecule has 9 nitrogen and oxygen atoms in total. The van der Waals surface area contributed by atoms with E-state index in [1.807, 2.05) is 36.4 Å². The highest BCUT2D eigenvalue weighted by molar-refractivity contribution is 8.26. The number of hydrogen-bond acceptors (Lipinski definition) is 8. The number of nitrogens with one attached hydrogen (secondary N) is 2. The van der Waals surface area contributed by atoms with E-state index in [1.54, 1.807) is 61.6 Å². The Labute approximate surface area is 260 Å². The van der Waals surface area contributed by atoms with Gasteiger partial charge in [0, 0.05) is 18.5 Å². The van der Waals surface area contributed by atoms with Crippen LogP contribution in [0.4, 0.5) is 0 Å². The van der Waals surface area contributed by atoms with Gasteiger partial charge in [-0.3, -0.25) is 30.1 Å². The maximum absolute atomic E-state index is 12.9. The van der Waals surface area contributed by atoms with Crippen molar-refractivity contribution >= 4 is 52.1 Å². The van der Waals surface area contributed by atoms with Crippen molar-refractivity contribution in [2.24, 2.45) is 0 Å². The molecule has 3 aromatic carbocycles. The van der Waals surface area contributed by atoms with E-state index in [9.17, 15) is 14.4 Å². The SMILES string of the molecule is COc1ccc(/C=C2\SC(=S)N(CCCCCC(=O)NNC(=O)c3ccc(OCc4ccccc4)cc3)C2=O)cc1OC. The minimum absolute atomic E-state index is 0.138. The molecule has 0 atom stereocenters. The lowest BCUT2D eigenvalue weighted by atomic mass is 10.1. The van der Waals surface area contributed by atoms with Gasteiger partial charge in [0.2, 0.25) is 5.91 Å². The Morgan fingerprint density at radius 1 is 0.907 bits per heavy atom. The van der Waals surface area contributed by atoms with Gasteiger partial charge in [-0.15, -0.1) is 0 Å². The number of amides is 3. The average molecular weight is 620 g/mol. The van der Waals surface area contributed by atoms with Crippen LogP contribution in [-0.2, 0) is 16.2 Å². The number of nitrogens with zero attached hydrogens (tertiary/aromatic N) is 1. The van der Waals surface area contributed by atoms with Gasteiger partial charge in [0.25, 0.3) is 11.8 Å². The van der Waals surface area contributed by atoms with Crippen LogP contribution in [0.15, 0.2) is 77.7 Å². The molecule has 1 fully saturated rings. The van der Waals surface area contributed by atoms with Gasteiger partial charge in [-0.2, -0.15) is 0 Å². The number of hydrogen-bond donors (Lipinski definition) is 2. The van der Waals surface area contributed by atoms with Crippen LogP contribution in [0.5, 0.6) is 17.2 Å². The molecule has 0 radical (unpaired) electrons. The summed E-state index contributed by atoms with van der Waals surface area (Å²) in [6.07, 6.45) is 4.04. The van der Waals surface area contributed by atoms with E-state index < -0.39 is 5.91 Å². The summed E-state index contributed by atoms with van der Waals surface area (Å²) < 4.78 is 16.8. The van der Waals surface area contributed by atoms with Gasteiger partial charge in [0.1, 0.15) is 16.7 Å². The van der Waals surface area contributed by atoms with Gasteiger partial charge >= 0.3 is 0 Å². The topological polar surface area (TPSA) is 106 Å². The van der Waals surface area contributed by atoms with Crippen molar-refractivity contribution in [3.8, 4) is 17.2 Å². The predicted molar refractivity (Wildman–Crippen MR) is 171 cm³/mol. The summed E-state index contributed by atoms with van der Waals surface area (Å²) >= 11 is 6.69. The maximum Gasteiger partial charge on any atom is 0.269 e. The second-order valence-corrected chi connectivity index (χ2v) is 11.2. The molecule has 3 aromatic rings. The zero-order chi connectivity index (χ0) is 30.6. The van der Waals surface area contributed by atoms with Gasteiger partial charge in [0.15, 0.2) is 11.5 Å². The molecule has 0 aromatic heterocycles. The number of unbranched alkanes of at least 4 members (excludes halogenated alkanes) is 2. The minimum atomic E-state index is -0.418. The van der Waals surface area contributed by atoms with Crippen LogP contribution in [0.1, 0.15) is 47.2 Å². The first kappa shape index (κ1) is 31.6. The molecular formula is C32H33N3O6S2. The molecule has 11 heteroatoms. The Morgan fingerprint density at radius 3 is 2.37 bits per heavy atom. The van der Waals surface area contributed by atoms with Crippen molar-refractivity contribution in [2.45, 2.75) is 32.3 Å². The number of thiocarbonyl (C=S) groups is 1. The average Bonchev–Trinajstić information content (AvgIpc) is 3.30. The van der Waals surface area contributed by atoms with Crippen LogP contribution in [0.25, 0.3) is 6.08 Å². The highest BCUT2D eigenvalue weighted by atomic mass is 32.2. The summed E-state index contributed by atoms with van der Waals surface area (Å²) in [7, 11) is 3.13. The van der Waals surface area contributed by atoms with Gasteiger partial charge in [-0.1, -0.05) is 66.8 Å². The summed E-state index contributed by atoms with van der Waals surface area (Å²) in [6.45, 7) is 0.901. The van der Waals surface area contributed by atoms with Crippen LogP contribution < -0.4 is 25.1 Å². The fourth-order valence-corrected chi connectivity index (χ4v) is 5.53. The number of carbonyl (C=O) groups excluding carboxylic acids is 3. The molecule has 1 aliphatic rings. The van der Waals surface area contributed by atoms with E-state index in [4.69, 9.17) is 26.4 Å². The Hall–Kier alpha value is -4.35. The second kappa shape index (κ2) is 15.8. The third-order valence-electron chi connectivity index (χ3n) is 6.54. The van der Waals surface area contributed by atoms with Crippen molar-refractivity contribution in [3.05, 3.63) is 94.4 Å². The molecule has 0 saturated carbocycles. The van der Waals surface area contributed by atoms with Crippen molar-refractivity contribution < 1.29 is 28.6 Å². The Morgan fingerprint density at radius 2 is 1.65 bits per heavy atom. The quantitative estimate of drug-likeness (QED) is 0.112. The first-order valence-electron chi connectivity index (χ1n) is 13.7. The number of carbonyl (C=O) groups is 3. The number of thioether (sulfide) groups is 1. The lowest BCUT2D eigenvalue weighted by molar-refractivity contribution is -0.123. The smallest absolute Gasteiger partial charge is 0.269 e. The second-order valence-electron chi connectivity index (χ2n) is 9.56. The molecule has 43 heavy (non-hydrogen) atoms. The molecule has 0 bridgehead atoms. The summed E-state index contributed by atoms with van der Waals surface area (Å²) in [4.78, 5) is 39.7. The Balaban J connectivity index is 1.13. The fourth-order valence-electron chi connectivity index (χ4n) is 4.22. The van der Waals surface area contributed by atoms with Crippen molar-refractivity contribution in [3.63, 3.8) is 0 Å². The monoisotopic (exact) mass is 619 g/mol. The summed E-state index contributed by atoms with van der Waals surface area (Å²) in [5.74, 6) is 0.983.